The normalized spacial score (nSPS) is 12.9. The van der Waals surface area contributed by atoms with E-state index in [-0.39, 0.29) is 5.92 Å². The minimum atomic E-state index is -0.741. The van der Waals surface area contributed by atoms with E-state index in [1.807, 2.05) is 45.0 Å². The van der Waals surface area contributed by atoms with Crippen molar-refractivity contribution in [1.82, 2.24) is 0 Å². The number of carboxylic acid groups (broad SMARTS) is 1. The summed E-state index contributed by atoms with van der Waals surface area (Å²) in [5.74, 6) is -1.01. The number of benzene rings is 1. The van der Waals surface area contributed by atoms with Gasteiger partial charge in [0.05, 0.1) is 5.92 Å². The Morgan fingerprint density at radius 2 is 1.86 bits per heavy atom. The van der Waals surface area contributed by atoms with Crippen molar-refractivity contribution in [3.05, 3.63) is 35.4 Å². The zero-order valence-corrected chi connectivity index (χ0v) is 8.82. The van der Waals surface area contributed by atoms with Crippen LogP contribution in [0, 0.1) is 12.8 Å². The van der Waals surface area contributed by atoms with E-state index in [1.165, 1.54) is 0 Å². The van der Waals surface area contributed by atoms with E-state index in [1.54, 1.807) is 0 Å². The van der Waals surface area contributed by atoms with Crippen molar-refractivity contribution in [2.45, 2.75) is 26.7 Å². The van der Waals surface area contributed by atoms with Gasteiger partial charge in [-0.1, -0.05) is 38.1 Å². The van der Waals surface area contributed by atoms with Crippen molar-refractivity contribution in [3.8, 4) is 0 Å². The molecular formula is C12H16O2. The fourth-order valence-corrected chi connectivity index (χ4v) is 1.71. The first kappa shape index (κ1) is 10.8. The lowest BCUT2D eigenvalue weighted by molar-refractivity contribution is -0.139. The van der Waals surface area contributed by atoms with Crippen LogP contribution in [-0.4, -0.2) is 11.1 Å². The SMILES string of the molecule is Cc1ccccc1[C@H](C(=O)O)C(C)C. The minimum Gasteiger partial charge on any atom is -0.481 e. The van der Waals surface area contributed by atoms with Crippen LogP contribution in [0.5, 0.6) is 0 Å². The highest BCUT2D eigenvalue weighted by Crippen LogP contribution is 2.26. The van der Waals surface area contributed by atoms with Crippen LogP contribution in [0.15, 0.2) is 24.3 Å². The second-order valence-corrected chi connectivity index (χ2v) is 3.92. The average Bonchev–Trinajstić information content (AvgIpc) is 2.07. The maximum absolute atomic E-state index is 11.1. The molecule has 0 aliphatic rings. The molecule has 14 heavy (non-hydrogen) atoms. The van der Waals surface area contributed by atoms with Crippen LogP contribution in [0.3, 0.4) is 0 Å². The fourth-order valence-electron chi connectivity index (χ4n) is 1.71. The first-order valence-corrected chi connectivity index (χ1v) is 4.82. The lowest BCUT2D eigenvalue weighted by atomic mass is 9.86. The Labute approximate surface area is 84.6 Å². The summed E-state index contributed by atoms with van der Waals surface area (Å²) < 4.78 is 0. The van der Waals surface area contributed by atoms with Gasteiger partial charge in [-0.3, -0.25) is 4.79 Å². The molecule has 0 heterocycles. The Kier molecular flexibility index (Phi) is 3.28. The first-order valence-electron chi connectivity index (χ1n) is 4.82. The molecule has 1 aromatic carbocycles. The van der Waals surface area contributed by atoms with Gasteiger partial charge in [0.15, 0.2) is 0 Å². The summed E-state index contributed by atoms with van der Waals surface area (Å²) >= 11 is 0. The Morgan fingerprint density at radius 3 is 2.29 bits per heavy atom. The number of hydrogen-bond donors (Lipinski definition) is 1. The maximum Gasteiger partial charge on any atom is 0.311 e. The number of aryl methyl sites for hydroxylation is 1. The monoisotopic (exact) mass is 192 g/mol. The largest absolute Gasteiger partial charge is 0.481 e. The third-order valence-electron chi connectivity index (χ3n) is 2.46. The van der Waals surface area contributed by atoms with Crippen molar-refractivity contribution in [1.29, 1.82) is 0 Å². The molecule has 0 spiro atoms. The van der Waals surface area contributed by atoms with Crippen molar-refractivity contribution in [2.24, 2.45) is 5.92 Å². The van der Waals surface area contributed by atoms with Crippen LogP contribution in [-0.2, 0) is 4.79 Å². The molecule has 0 saturated heterocycles. The maximum atomic E-state index is 11.1. The second kappa shape index (κ2) is 4.27. The van der Waals surface area contributed by atoms with Gasteiger partial charge in [0, 0.05) is 0 Å². The summed E-state index contributed by atoms with van der Waals surface area (Å²) in [6.45, 7) is 5.82. The van der Waals surface area contributed by atoms with E-state index in [0.29, 0.717) is 0 Å². The van der Waals surface area contributed by atoms with Crippen LogP contribution in [0.2, 0.25) is 0 Å². The topological polar surface area (TPSA) is 37.3 Å². The molecule has 0 radical (unpaired) electrons. The molecule has 76 valence electrons. The Morgan fingerprint density at radius 1 is 1.29 bits per heavy atom. The van der Waals surface area contributed by atoms with Crippen LogP contribution in [0.1, 0.15) is 30.9 Å². The molecule has 0 aliphatic heterocycles. The number of carboxylic acids is 1. The Balaban J connectivity index is 3.12. The molecule has 0 unspecified atom stereocenters. The highest BCUT2D eigenvalue weighted by Gasteiger charge is 2.24. The zero-order chi connectivity index (χ0) is 10.7. The Bertz CT molecular complexity index is 329. The van der Waals surface area contributed by atoms with E-state index in [9.17, 15) is 4.79 Å². The molecular weight excluding hydrogens is 176 g/mol. The number of carbonyl (C=O) groups is 1. The molecule has 0 amide bonds. The van der Waals surface area contributed by atoms with E-state index in [2.05, 4.69) is 0 Å². The minimum absolute atomic E-state index is 0.119. The summed E-state index contributed by atoms with van der Waals surface area (Å²) in [5, 5.41) is 9.12. The lowest BCUT2D eigenvalue weighted by Crippen LogP contribution is -2.18. The lowest BCUT2D eigenvalue weighted by Gasteiger charge is -2.18. The van der Waals surface area contributed by atoms with Crippen molar-refractivity contribution in [3.63, 3.8) is 0 Å². The van der Waals surface area contributed by atoms with Gasteiger partial charge in [-0.05, 0) is 24.0 Å². The van der Waals surface area contributed by atoms with Crippen LogP contribution >= 0.6 is 0 Å². The van der Waals surface area contributed by atoms with Crippen molar-refractivity contribution < 1.29 is 9.90 Å². The quantitative estimate of drug-likeness (QED) is 0.799. The standard InChI is InChI=1S/C12H16O2/c1-8(2)11(12(13)14)10-7-5-4-6-9(10)3/h4-8,11H,1-3H3,(H,13,14)/t11-/m1/s1. The van der Waals surface area contributed by atoms with E-state index >= 15 is 0 Å². The van der Waals surface area contributed by atoms with Crippen LogP contribution in [0.25, 0.3) is 0 Å². The van der Waals surface area contributed by atoms with Gasteiger partial charge in [-0.25, -0.2) is 0 Å². The predicted octanol–water partition coefficient (Wildman–Crippen LogP) is 2.82. The smallest absolute Gasteiger partial charge is 0.311 e. The average molecular weight is 192 g/mol. The summed E-state index contributed by atoms with van der Waals surface area (Å²) in [6, 6.07) is 7.67. The van der Waals surface area contributed by atoms with Gasteiger partial charge < -0.3 is 5.11 Å². The molecule has 1 N–H and O–H groups in total. The van der Waals surface area contributed by atoms with E-state index < -0.39 is 11.9 Å². The van der Waals surface area contributed by atoms with Gasteiger partial charge in [-0.15, -0.1) is 0 Å². The van der Waals surface area contributed by atoms with Crippen molar-refractivity contribution >= 4 is 5.97 Å². The highest BCUT2D eigenvalue weighted by molar-refractivity contribution is 5.76. The van der Waals surface area contributed by atoms with E-state index in [0.717, 1.165) is 11.1 Å². The molecule has 0 fully saturated rings. The molecule has 0 saturated carbocycles. The molecule has 2 heteroatoms. The number of aliphatic carboxylic acids is 1. The van der Waals surface area contributed by atoms with Gasteiger partial charge in [-0.2, -0.15) is 0 Å². The molecule has 0 aromatic heterocycles. The highest BCUT2D eigenvalue weighted by atomic mass is 16.4. The molecule has 1 atom stereocenters. The predicted molar refractivity (Wildman–Crippen MR) is 56.4 cm³/mol. The summed E-state index contributed by atoms with van der Waals surface area (Å²) in [5.41, 5.74) is 1.98. The molecule has 0 aliphatic carbocycles. The van der Waals surface area contributed by atoms with Crippen LogP contribution < -0.4 is 0 Å². The second-order valence-electron chi connectivity index (χ2n) is 3.92. The zero-order valence-electron chi connectivity index (χ0n) is 8.82. The Hall–Kier alpha value is -1.31. The summed E-state index contributed by atoms with van der Waals surface area (Å²) in [6.07, 6.45) is 0. The van der Waals surface area contributed by atoms with Gasteiger partial charge in [0.1, 0.15) is 0 Å². The summed E-state index contributed by atoms with van der Waals surface area (Å²) in [4.78, 5) is 11.1. The number of hydrogen-bond acceptors (Lipinski definition) is 1. The molecule has 1 rings (SSSR count). The molecule has 2 nitrogen and oxygen atoms in total. The van der Waals surface area contributed by atoms with Gasteiger partial charge in [0.2, 0.25) is 0 Å². The molecule has 1 aromatic rings. The third kappa shape index (κ3) is 2.13. The third-order valence-corrected chi connectivity index (χ3v) is 2.46. The first-order chi connectivity index (χ1) is 6.54. The van der Waals surface area contributed by atoms with Crippen LogP contribution in [0.4, 0.5) is 0 Å². The summed E-state index contributed by atoms with van der Waals surface area (Å²) in [7, 11) is 0. The van der Waals surface area contributed by atoms with Gasteiger partial charge in [0.25, 0.3) is 0 Å². The number of rotatable bonds is 3. The molecule has 0 bridgehead atoms. The van der Waals surface area contributed by atoms with Gasteiger partial charge >= 0.3 is 5.97 Å². The van der Waals surface area contributed by atoms with Crippen molar-refractivity contribution in [2.75, 3.05) is 0 Å². The van der Waals surface area contributed by atoms with E-state index in [4.69, 9.17) is 5.11 Å². The fraction of sp³-hybridized carbons (Fsp3) is 0.417.